The van der Waals surface area contributed by atoms with E-state index in [2.05, 4.69) is 29.0 Å². The average Bonchev–Trinajstić information content (AvgIpc) is 3.04. The number of hydrogen-bond donors (Lipinski definition) is 0. The lowest BCUT2D eigenvalue weighted by atomic mass is 9.95. The van der Waals surface area contributed by atoms with Gasteiger partial charge < -0.3 is 4.90 Å². The molecule has 0 N–H and O–H groups in total. The maximum absolute atomic E-state index is 12.4. The van der Waals surface area contributed by atoms with E-state index >= 15 is 0 Å². The van der Waals surface area contributed by atoms with Gasteiger partial charge in [0.25, 0.3) is 0 Å². The molecule has 0 radical (unpaired) electrons. The molecule has 1 aliphatic heterocycles. The summed E-state index contributed by atoms with van der Waals surface area (Å²) in [6.45, 7) is 5.58. The van der Waals surface area contributed by atoms with Crippen molar-refractivity contribution in [3.63, 3.8) is 0 Å². The summed E-state index contributed by atoms with van der Waals surface area (Å²) >= 11 is 0. The van der Waals surface area contributed by atoms with Crippen LogP contribution >= 0.6 is 0 Å². The number of rotatable bonds is 4. The normalized spacial score (nSPS) is 21.8. The van der Waals surface area contributed by atoms with Crippen molar-refractivity contribution >= 4 is 5.78 Å². The monoisotopic (exact) mass is 286 g/mol. The number of carbonyl (C=O) groups excluding carboxylic acids is 1. The highest BCUT2D eigenvalue weighted by atomic mass is 16.1. The minimum Gasteiger partial charge on any atom is -0.304 e. The summed E-state index contributed by atoms with van der Waals surface area (Å²) in [5, 5.41) is 0. The van der Waals surface area contributed by atoms with Crippen molar-refractivity contribution in [3.05, 3.63) is 35.4 Å². The molecule has 3 nitrogen and oxygen atoms in total. The van der Waals surface area contributed by atoms with Crippen LogP contribution in [-0.2, 0) is 6.54 Å². The number of hydrogen-bond acceptors (Lipinski definition) is 3. The molecule has 0 bridgehead atoms. The topological polar surface area (TPSA) is 23.6 Å². The van der Waals surface area contributed by atoms with Crippen molar-refractivity contribution in [1.82, 2.24) is 9.80 Å². The van der Waals surface area contributed by atoms with E-state index in [9.17, 15) is 4.79 Å². The van der Waals surface area contributed by atoms with E-state index in [1.165, 1.54) is 18.4 Å². The Balaban J connectivity index is 1.57. The highest BCUT2D eigenvalue weighted by Gasteiger charge is 2.23. The lowest BCUT2D eigenvalue weighted by Crippen LogP contribution is -2.43. The van der Waals surface area contributed by atoms with Crippen LogP contribution in [0.1, 0.15) is 41.6 Å². The van der Waals surface area contributed by atoms with Crippen LogP contribution in [-0.4, -0.2) is 48.8 Å². The Morgan fingerprint density at radius 2 is 1.67 bits per heavy atom. The van der Waals surface area contributed by atoms with Gasteiger partial charge in [0.1, 0.15) is 0 Å². The third kappa shape index (κ3) is 3.72. The highest BCUT2D eigenvalue weighted by molar-refractivity contribution is 5.98. The first kappa shape index (κ1) is 14.7. The van der Waals surface area contributed by atoms with E-state index in [1.807, 2.05) is 12.1 Å². The zero-order chi connectivity index (χ0) is 14.7. The Morgan fingerprint density at radius 3 is 2.29 bits per heavy atom. The van der Waals surface area contributed by atoms with Gasteiger partial charge in [-0.3, -0.25) is 9.69 Å². The first-order valence-corrected chi connectivity index (χ1v) is 8.26. The number of piperazine rings is 1. The van der Waals surface area contributed by atoms with Gasteiger partial charge in [-0.25, -0.2) is 0 Å². The molecular weight excluding hydrogens is 260 g/mol. The van der Waals surface area contributed by atoms with Gasteiger partial charge in [-0.2, -0.15) is 0 Å². The Bertz CT molecular complexity index is 468. The summed E-state index contributed by atoms with van der Waals surface area (Å²) < 4.78 is 0. The maximum Gasteiger partial charge on any atom is 0.165 e. The Labute approximate surface area is 127 Å². The molecule has 0 spiro atoms. The van der Waals surface area contributed by atoms with Crippen LogP contribution in [0.15, 0.2) is 24.3 Å². The van der Waals surface area contributed by atoms with Crippen molar-refractivity contribution in [3.8, 4) is 0 Å². The molecule has 2 aliphatic rings. The minimum absolute atomic E-state index is 0.286. The number of likely N-dealkylation sites (N-methyl/N-ethyl adjacent to an activating group) is 1. The van der Waals surface area contributed by atoms with E-state index in [4.69, 9.17) is 0 Å². The second-order valence-corrected chi connectivity index (χ2v) is 6.62. The molecule has 21 heavy (non-hydrogen) atoms. The lowest BCUT2D eigenvalue weighted by Gasteiger charge is -2.32. The van der Waals surface area contributed by atoms with Crippen LogP contribution in [0.3, 0.4) is 0 Å². The number of nitrogens with zero attached hydrogens (tertiary/aromatic N) is 2. The van der Waals surface area contributed by atoms with E-state index in [0.29, 0.717) is 5.78 Å². The zero-order valence-corrected chi connectivity index (χ0v) is 13.1. The van der Waals surface area contributed by atoms with E-state index in [-0.39, 0.29) is 5.92 Å². The van der Waals surface area contributed by atoms with Crippen molar-refractivity contribution in [2.24, 2.45) is 5.92 Å². The van der Waals surface area contributed by atoms with Gasteiger partial charge in [-0.05, 0) is 25.5 Å². The molecule has 1 aliphatic carbocycles. The fourth-order valence-electron chi connectivity index (χ4n) is 3.46. The SMILES string of the molecule is CN1CCN(Cc2ccc(C(=O)C3CCCC3)cc2)CC1. The lowest BCUT2D eigenvalue weighted by molar-refractivity contribution is 0.0923. The quantitative estimate of drug-likeness (QED) is 0.795. The first-order chi connectivity index (χ1) is 10.2. The molecular formula is C18H26N2O. The Kier molecular flexibility index (Phi) is 4.71. The summed E-state index contributed by atoms with van der Waals surface area (Å²) in [6.07, 6.45) is 4.61. The largest absolute Gasteiger partial charge is 0.304 e. The van der Waals surface area contributed by atoms with E-state index in [0.717, 1.165) is 51.1 Å². The third-order valence-electron chi connectivity index (χ3n) is 4.97. The summed E-state index contributed by atoms with van der Waals surface area (Å²) in [6, 6.07) is 8.35. The molecule has 1 saturated heterocycles. The predicted molar refractivity (Wildman–Crippen MR) is 85.5 cm³/mol. The smallest absolute Gasteiger partial charge is 0.165 e. The highest BCUT2D eigenvalue weighted by Crippen LogP contribution is 2.28. The summed E-state index contributed by atoms with van der Waals surface area (Å²) in [5.74, 6) is 0.645. The average molecular weight is 286 g/mol. The van der Waals surface area contributed by atoms with Crippen LogP contribution in [0.25, 0.3) is 0 Å². The molecule has 0 unspecified atom stereocenters. The van der Waals surface area contributed by atoms with Crippen LogP contribution in [0.5, 0.6) is 0 Å². The van der Waals surface area contributed by atoms with Gasteiger partial charge >= 0.3 is 0 Å². The molecule has 114 valence electrons. The molecule has 2 fully saturated rings. The molecule has 3 heteroatoms. The standard InChI is InChI=1S/C18H26N2O/c1-19-10-12-20(13-11-19)14-15-6-8-17(9-7-15)18(21)16-4-2-3-5-16/h6-9,16H,2-5,10-14H2,1H3. The van der Waals surface area contributed by atoms with Crippen molar-refractivity contribution in [1.29, 1.82) is 0 Å². The molecule has 1 heterocycles. The Hall–Kier alpha value is -1.19. The molecule has 0 amide bonds. The molecule has 1 aromatic carbocycles. The summed E-state index contributed by atoms with van der Waals surface area (Å²) in [7, 11) is 2.18. The molecule has 3 rings (SSSR count). The van der Waals surface area contributed by atoms with Crippen LogP contribution in [0.2, 0.25) is 0 Å². The van der Waals surface area contributed by atoms with Crippen molar-refractivity contribution < 1.29 is 4.79 Å². The molecule has 1 saturated carbocycles. The van der Waals surface area contributed by atoms with Crippen LogP contribution in [0.4, 0.5) is 0 Å². The fraction of sp³-hybridized carbons (Fsp3) is 0.611. The first-order valence-electron chi connectivity index (χ1n) is 8.26. The Morgan fingerprint density at radius 1 is 1.05 bits per heavy atom. The molecule has 1 aromatic rings. The molecule has 0 aromatic heterocycles. The number of ketones is 1. The number of Topliss-reactive ketones (excluding diaryl/α,β-unsaturated/α-hetero) is 1. The minimum atomic E-state index is 0.286. The second-order valence-electron chi connectivity index (χ2n) is 6.62. The number of carbonyl (C=O) groups is 1. The fourth-order valence-corrected chi connectivity index (χ4v) is 3.46. The molecule has 0 atom stereocenters. The van der Waals surface area contributed by atoms with Gasteiger partial charge in [0.2, 0.25) is 0 Å². The predicted octanol–water partition coefficient (Wildman–Crippen LogP) is 2.81. The van der Waals surface area contributed by atoms with Crippen LogP contribution in [0, 0.1) is 5.92 Å². The van der Waals surface area contributed by atoms with Gasteiger partial charge in [-0.15, -0.1) is 0 Å². The number of benzene rings is 1. The van der Waals surface area contributed by atoms with Gasteiger partial charge in [0.05, 0.1) is 0 Å². The zero-order valence-electron chi connectivity index (χ0n) is 13.1. The summed E-state index contributed by atoms with van der Waals surface area (Å²) in [4.78, 5) is 17.2. The van der Waals surface area contributed by atoms with Gasteiger partial charge in [-0.1, -0.05) is 37.1 Å². The maximum atomic E-state index is 12.4. The van der Waals surface area contributed by atoms with Gasteiger partial charge in [0, 0.05) is 44.2 Å². The second kappa shape index (κ2) is 6.71. The van der Waals surface area contributed by atoms with E-state index < -0.39 is 0 Å². The third-order valence-corrected chi connectivity index (χ3v) is 4.97. The van der Waals surface area contributed by atoms with Crippen molar-refractivity contribution in [2.45, 2.75) is 32.2 Å². The van der Waals surface area contributed by atoms with E-state index in [1.54, 1.807) is 0 Å². The van der Waals surface area contributed by atoms with Gasteiger partial charge in [0.15, 0.2) is 5.78 Å². The summed E-state index contributed by atoms with van der Waals surface area (Å²) in [5.41, 5.74) is 2.23. The van der Waals surface area contributed by atoms with Crippen LogP contribution < -0.4 is 0 Å². The van der Waals surface area contributed by atoms with Crippen molar-refractivity contribution in [2.75, 3.05) is 33.2 Å².